The van der Waals surface area contributed by atoms with Crippen LogP contribution in [0.1, 0.15) is 23.1 Å². The molecular formula is C23H26N2O2. The van der Waals surface area contributed by atoms with Crippen LogP contribution in [0.2, 0.25) is 0 Å². The van der Waals surface area contributed by atoms with Crippen LogP contribution in [0.3, 0.4) is 0 Å². The molecule has 3 aromatic rings. The van der Waals surface area contributed by atoms with Gasteiger partial charge in [0.25, 0.3) is 0 Å². The molecule has 0 radical (unpaired) electrons. The van der Waals surface area contributed by atoms with Gasteiger partial charge in [-0.05, 0) is 54.8 Å². The molecule has 4 heteroatoms. The highest BCUT2D eigenvalue weighted by molar-refractivity contribution is 5.29. The summed E-state index contributed by atoms with van der Waals surface area (Å²) in [5.74, 6) is 1.57. The molecule has 0 amide bonds. The van der Waals surface area contributed by atoms with Crippen LogP contribution < -0.4 is 14.8 Å². The predicted octanol–water partition coefficient (Wildman–Crippen LogP) is 4.53. The Morgan fingerprint density at radius 3 is 2.48 bits per heavy atom. The Morgan fingerprint density at radius 2 is 1.70 bits per heavy atom. The van der Waals surface area contributed by atoms with Gasteiger partial charge in [0, 0.05) is 18.8 Å². The molecule has 0 aliphatic rings. The molecule has 3 rings (SSSR count). The molecule has 0 saturated heterocycles. The van der Waals surface area contributed by atoms with Gasteiger partial charge in [-0.3, -0.25) is 0 Å². The van der Waals surface area contributed by atoms with Crippen molar-refractivity contribution in [1.29, 1.82) is 0 Å². The fraction of sp³-hybridized carbons (Fsp3) is 0.261. The first-order valence-corrected chi connectivity index (χ1v) is 9.32. The van der Waals surface area contributed by atoms with Crippen molar-refractivity contribution in [2.45, 2.75) is 26.5 Å². The Balaban J connectivity index is 1.32. The largest absolute Gasteiger partial charge is 0.489 e. The minimum absolute atomic E-state index is 0.598. The number of benzene rings is 2. The summed E-state index contributed by atoms with van der Waals surface area (Å²) < 4.78 is 11.5. The summed E-state index contributed by atoms with van der Waals surface area (Å²) in [6.45, 7) is 5.10. The molecule has 0 spiro atoms. The van der Waals surface area contributed by atoms with Crippen LogP contribution in [0.25, 0.3) is 0 Å². The van der Waals surface area contributed by atoms with E-state index in [0.717, 1.165) is 25.3 Å². The van der Waals surface area contributed by atoms with Crippen molar-refractivity contribution in [2.24, 2.45) is 0 Å². The molecule has 1 N–H and O–H groups in total. The lowest BCUT2D eigenvalue weighted by Gasteiger charge is -2.10. The number of nitrogens with one attached hydrogen (secondary N) is 1. The molecular weight excluding hydrogens is 336 g/mol. The van der Waals surface area contributed by atoms with E-state index in [-0.39, 0.29) is 0 Å². The van der Waals surface area contributed by atoms with Crippen molar-refractivity contribution < 1.29 is 9.47 Å². The van der Waals surface area contributed by atoms with Gasteiger partial charge in [0.1, 0.15) is 12.4 Å². The van der Waals surface area contributed by atoms with E-state index in [9.17, 15) is 0 Å². The Bertz CT molecular complexity index is 804. The van der Waals surface area contributed by atoms with Crippen molar-refractivity contribution in [1.82, 2.24) is 10.3 Å². The SMILES string of the molecule is Cc1ccccc1COc1ccc(CNCCCOc2ccccn2)cc1. The number of ether oxygens (including phenoxy) is 2. The topological polar surface area (TPSA) is 43.4 Å². The van der Waals surface area contributed by atoms with Gasteiger partial charge in [0.05, 0.1) is 6.61 Å². The number of pyridine rings is 1. The highest BCUT2D eigenvalue weighted by atomic mass is 16.5. The predicted molar refractivity (Wildman–Crippen MR) is 108 cm³/mol. The Hall–Kier alpha value is -2.85. The zero-order valence-corrected chi connectivity index (χ0v) is 15.7. The maximum atomic E-state index is 5.88. The van der Waals surface area contributed by atoms with Gasteiger partial charge in [-0.1, -0.05) is 42.5 Å². The summed E-state index contributed by atoms with van der Waals surface area (Å²) in [6.07, 6.45) is 2.68. The molecule has 4 nitrogen and oxygen atoms in total. The lowest BCUT2D eigenvalue weighted by atomic mass is 10.1. The molecule has 0 bridgehead atoms. The first-order valence-electron chi connectivity index (χ1n) is 9.32. The van der Waals surface area contributed by atoms with Crippen LogP contribution in [0.4, 0.5) is 0 Å². The highest BCUT2D eigenvalue weighted by Gasteiger charge is 2.00. The van der Waals surface area contributed by atoms with Crippen LogP contribution in [0, 0.1) is 6.92 Å². The summed E-state index contributed by atoms with van der Waals surface area (Å²) in [5.41, 5.74) is 3.71. The summed E-state index contributed by atoms with van der Waals surface area (Å²) in [5, 5.41) is 3.43. The lowest BCUT2D eigenvalue weighted by Crippen LogP contribution is -2.17. The number of nitrogens with zero attached hydrogens (tertiary/aromatic N) is 1. The normalized spacial score (nSPS) is 10.6. The smallest absolute Gasteiger partial charge is 0.213 e. The molecule has 0 atom stereocenters. The molecule has 0 saturated carbocycles. The molecule has 1 aromatic heterocycles. The van der Waals surface area contributed by atoms with E-state index in [0.29, 0.717) is 19.1 Å². The van der Waals surface area contributed by atoms with E-state index < -0.39 is 0 Å². The van der Waals surface area contributed by atoms with E-state index in [1.807, 2.05) is 42.5 Å². The standard InChI is InChI=1S/C23H26N2O2/c1-19-7-2-3-8-21(19)18-27-22-12-10-20(11-13-22)17-24-14-6-16-26-23-9-4-5-15-25-23/h2-5,7-13,15,24H,6,14,16-18H2,1H3. The molecule has 140 valence electrons. The molecule has 27 heavy (non-hydrogen) atoms. The number of rotatable bonds is 10. The zero-order chi connectivity index (χ0) is 18.7. The summed E-state index contributed by atoms with van der Waals surface area (Å²) in [7, 11) is 0. The number of hydrogen-bond donors (Lipinski definition) is 1. The van der Waals surface area contributed by atoms with Gasteiger partial charge >= 0.3 is 0 Å². The molecule has 0 aliphatic heterocycles. The van der Waals surface area contributed by atoms with Gasteiger partial charge in [0.2, 0.25) is 5.88 Å². The second-order valence-corrected chi connectivity index (χ2v) is 6.41. The third-order valence-corrected chi connectivity index (χ3v) is 4.29. The van der Waals surface area contributed by atoms with Gasteiger partial charge in [-0.2, -0.15) is 0 Å². The molecule has 0 unspecified atom stereocenters. The van der Waals surface area contributed by atoms with E-state index in [4.69, 9.17) is 9.47 Å². The average molecular weight is 362 g/mol. The maximum Gasteiger partial charge on any atom is 0.213 e. The highest BCUT2D eigenvalue weighted by Crippen LogP contribution is 2.15. The van der Waals surface area contributed by atoms with E-state index in [1.54, 1.807) is 6.20 Å². The second kappa shape index (κ2) is 10.3. The third kappa shape index (κ3) is 6.42. The maximum absolute atomic E-state index is 5.88. The van der Waals surface area contributed by atoms with Crippen LogP contribution >= 0.6 is 0 Å². The quantitative estimate of drug-likeness (QED) is 0.538. The van der Waals surface area contributed by atoms with Gasteiger partial charge in [0.15, 0.2) is 0 Å². The van der Waals surface area contributed by atoms with Crippen LogP contribution in [0.5, 0.6) is 11.6 Å². The fourth-order valence-electron chi connectivity index (χ4n) is 2.68. The number of aryl methyl sites for hydroxylation is 1. The number of aromatic nitrogens is 1. The minimum atomic E-state index is 0.598. The third-order valence-electron chi connectivity index (χ3n) is 4.29. The average Bonchev–Trinajstić information content (AvgIpc) is 2.72. The number of hydrogen-bond acceptors (Lipinski definition) is 4. The second-order valence-electron chi connectivity index (χ2n) is 6.41. The van der Waals surface area contributed by atoms with E-state index in [1.165, 1.54) is 16.7 Å². The fourth-order valence-corrected chi connectivity index (χ4v) is 2.68. The molecule has 2 aromatic carbocycles. The first kappa shape index (κ1) is 18.9. The molecule has 0 fully saturated rings. The van der Waals surface area contributed by atoms with Crippen molar-refractivity contribution >= 4 is 0 Å². The zero-order valence-electron chi connectivity index (χ0n) is 15.7. The van der Waals surface area contributed by atoms with Gasteiger partial charge in [-0.15, -0.1) is 0 Å². The van der Waals surface area contributed by atoms with Crippen LogP contribution in [0.15, 0.2) is 72.9 Å². The van der Waals surface area contributed by atoms with Crippen LogP contribution in [-0.2, 0) is 13.2 Å². The monoisotopic (exact) mass is 362 g/mol. The summed E-state index contributed by atoms with van der Waals surface area (Å²) in [6, 6.07) is 22.2. The minimum Gasteiger partial charge on any atom is -0.489 e. The van der Waals surface area contributed by atoms with Gasteiger partial charge in [-0.25, -0.2) is 4.98 Å². The molecule has 0 aliphatic carbocycles. The van der Waals surface area contributed by atoms with Gasteiger partial charge < -0.3 is 14.8 Å². The summed E-state index contributed by atoms with van der Waals surface area (Å²) >= 11 is 0. The lowest BCUT2D eigenvalue weighted by molar-refractivity contribution is 0.296. The Morgan fingerprint density at radius 1 is 0.889 bits per heavy atom. The van der Waals surface area contributed by atoms with E-state index >= 15 is 0 Å². The van der Waals surface area contributed by atoms with E-state index in [2.05, 4.69) is 41.5 Å². The first-order chi connectivity index (χ1) is 13.3. The van der Waals surface area contributed by atoms with Crippen molar-refractivity contribution in [2.75, 3.05) is 13.2 Å². The van der Waals surface area contributed by atoms with Crippen LogP contribution in [-0.4, -0.2) is 18.1 Å². The van der Waals surface area contributed by atoms with Crippen molar-refractivity contribution in [3.63, 3.8) is 0 Å². The molecule has 1 heterocycles. The summed E-state index contributed by atoms with van der Waals surface area (Å²) in [4.78, 5) is 4.14. The van der Waals surface area contributed by atoms with Crippen molar-refractivity contribution in [3.8, 4) is 11.6 Å². The van der Waals surface area contributed by atoms with Crippen molar-refractivity contribution in [3.05, 3.63) is 89.6 Å². The Labute approximate surface area is 161 Å². The Kier molecular flexibility index (Phi) is 7.25.